The number of hydrogen-bond acceptors (Lipinski definition) is 5. The van der Waals surface area contributed by atoms with Gasteiger partial charge in [0.25, 0.3) is 0 Å². The van der Waals surface area contributed by atoms with E-state index in [1.807, 2.05) is 77.1 Å². The summed E-state index contributed by atoms with van der Waals surface area (Å²) in [6.45, 7) is 10.4. The number of carbonyl (C=O) groups is 3. The van der Waals surface area contributed by atoms with Gasteiger partial charge in [-0.3, -0.25) is 9.69 Å². The van der Waals surface area contributed by atoms with Crippen LogP contribution in [-0.2, 0) is 20.9 Å². The van der Waals surface area contributed by atoms with E-state index in [0.717, 1.165) is 5.56 Å². The molecule has 0 fully saturated rings. The first-order valence-electron chi connectivity index (χ1n) is 11.5. The Bertz CT molecular complexity index is 817. The van der Waals surface area contributed by atoms with Crippen molar-refractivity contribution in [3.63, 3.8) is 0 Å². The van der Waals surface area contributed by atoms with Crippen LogP contribution in [-0.4, -0.2) is 53.8 Å². The lowest BCUT2D eigenvalue weighted by molar-refractivity contribution is -0.123. The second-order valence-electron chi connectivity index (χ2n) is 9.60. The smallest absolute Gasteiger partial charge is 0.411 e. The summed E-state index contributed by atoms with van der Waals surface area (Å²) in [5, 5.41) is 5.56. The highest BCUT2D eigenvalue weighted by Gasteiger charge is 2.29. The molecule has 1 heterocycles. The predicted octanol–water partition coefficient (Wildman–Crippen LogP) is 4.01. The summed E-state index contributed by atoms with van der Waals surface area (Å²) >= 11 is 0. The van der Waals surface area contributed by atoms with E-state index in [9.17, 15) is 14.4 Å². The van der Waals surface area contributed by atoms with E-state index in [1.54, 1.807) is 4.90 Å². The molecule has 0 saturated heterocycles. The van der Waals surface area contributed by atoms with Gasteiger partial charge in [-0.15, -0.1) is 0 Å². The molecule has 0 spiro atoms. The SMILES string of the molecule is CC(C)CC(NC(=O)OCc1ccccc1)C(=O)NCC[C@@H]1C=CCN1C(=O)OC(C)(C)C. The maximum Gasteiger partial charge on any atom is 0.411 e. The molecule has 1 aliphatic heterocycles. The fourth-order valence-corrected chi connectivity index (χ4v) is 3.43. The quantitative estimate of drug-likeness (QED) is 0.544. The minimum atomic E-state index is -0.700. The van der Waals surface area contributed by atoms with E-state index in [4.69, 9.17) is 9.47 Å². The predicted molar refractivity (Wildman–Crippen MR) is 127 cm³/mol. The average molecular weight is 460 g/mol. The summed E-state index contributed by atoms with van der Waals surface area (Å²) in [5.41, 5.74) is 0.306. The number of amides is 3. The van der Waals surface area contributed by atoms with E-state index in [2.05, 4.69) is 10.6 Å². The highest BCUT2D eigenvalue weighted by Crippen LogP contribution is 2.18. The number of nitrogens with zero attached hydrogens (tertiary/aromatic N) is 1. The Hall–Kier alpha value is -3.03. The van der Waals surface area contributed by atoms with E-state index < -0.39 is 17.7 Å². The van der Waals surface area contributed by atoms with E-state index in [0.29, 0.717) is 25.9 Å². The van der Waals surface area contributed by atoms with Crippen LogP contribution in [0.3, 0.4) is 0 Å². The summed E-state index contributed by atoms with van der Waals surface area (Å²) in [5.74, 6) is -0.0678. The molecule has 0 bridgehead atoms. The minimum Gasteiger partial charge on any atom is -0.445 e. The molecule has 1 unspecified atom stereocenters. The molecule has 1 aliphatic rings. The van der Waals surface area contributed by atoms with Crippen LogP contribution in [0.1, 0.15) is 53.0 Å². The van der Waals surface area contributed by atoms with Crippen molar-refractivity contribution in [2.24, 2.45) is 5.92 Å². The van der Waals surface area contributed by atoms with Gasteiger partial charge in [0, 0.05) is 13.1 Å². The van der Waals surface area contributed by atoms with Crippen molar-refractivity contribution in [1.82, 2.24) is 15.5 Å². The van der Waals surface area contributed by atoms with Crippen LogP contribution in [0.4, 0.5) is 9.59 Å². The lowest BCUT2D eigenvalue weighted by atomic mass is 10.0. The number of benzene rings is 1. The van der Waals surface area contributed by atoms with Crippen molar-refractivity contribution >= 4 is 18.1 Å². The van der Waals surface area contributed by atoms with Crippen LogP contribution < -0.4 is 10.6 Å². The first-order chi connectivity index (χ1) is 15.5. The Labute approximate surface area is 196 Å². The molecule has 33 heavy (non-hydrogen) atoms. The molecule has 1 aromatic rings. The van der Waals surface area contributed by atoms with Crippen molar-refractivity contribution in [2.75, 3.05) is 13.1 Å². The molecule has 0 aliphatic carbocycles. The third-order valence-electron chi connectivity index (χ3n) is 4.96. The Kier molecular flexibility index (Phi) is 9.75. The summed E-state index contributed by atoms with van der Waals surface area (Å²) in [4.78, 5) is 39.0. The average Bonchev–Trinajstić information content (AvgIpc) is 3.19. The van der Waals surface area contributed by atoms with Crippen LogP contribution in [0.5, 0.6) is 0 Å². The summed E-state index contributed by atoms with van der Waals surface area (Å²) in [6, 6.07) is 8.51. The molecule has 8 nitrogen and oxygen atoms in total. The van der Waals surface area contributed by atoms with Gasteiger partial charge in [0.1, 0.15) is 18.2 Å². The highest BCUT2D eigenvalue weighted by molar-refractivity contribution is 5.85. The van der Waals surface area contributed by atoms with Crippen molar-refractivity contribution in [1.29, 1.82) is 0 Å². The van der Waals surface area contributed by atoms with Crippen LogP contribution in [0.25, 0.3) is 0 Å². The van der Waals surface area contributed by atoms with Gasteiger partial charge in [-0.1, -0.05) is 56.3 Å². The molecular formula is C25H37N3O5. The number of hydrogen-bond donors (Lipinski definition) is 2. The van der Waals surface area contributed by atoms with Gasteiger partial charge in [0.05, 0.1) is 6.04 Å². The second kappa shape index (κ2) is 12.3. The van der Waals surface area contributed by atoms with Crippen molar-refractivity contribution in [3.8, 4) is 0 Å². The van der Waals surface area contributed by atoms with Crippen molar-refractivity contribution < 1.29 is 23.9 Å². The van der Waals surface area contributed by atoms with Crippen LogP contribution in [0.15, 0.2) is 42.5 Å². The maximum absolute atomic E-state index is 12.8. The monoisotopic (exact) mass is 459 g/mol. The van der Waals surface area contributed by atoms with Crippen LogP contribution in [0.2, 0.25) is 0 Å². The van der Waals surface area contributed by atoms with Gasteiger partial charge in [-0.2, -0.15) is 0 Å². The Balaban J connectivity index is 1.83. The molecular weight excluding hydrogens is 422 g/mol. The number of ether oxygens (including phenoxy) is 2. The number of rotatable bonds is 9. The molecule has 182 valence electrons. The third kappa shape index (κ3) is 9.55. The normalized spacial score (nSPS) is 16.4. The molecule has 2 N–H and O–H groups in total. The zero-order valence-corrected chi connectivity index (χ0v) is 20.3. The van der Waals surface area contributed by atoms with Gasteiger partial charge in [0.15, 0.2) is 0 Å². The zero-order valence-electron chi connectivity index (χ0n) is 20.3. The summed E-state index contributed by atoms with van der Waals surface area (Å²) in [7, 11) is 0. The largest absolute Gasteiger partial charge is 0.445 e. The van der Waals surface area contributed by atoms with Gasteiger partial charge in [-0.25, -0.2) is 9.59 Å². The van der Waals surface area contributed by atoms with Gasteiger partial charge in [-0.05, 0) is 45.1 Å². The molecule has 8 heteroatoms. The number of alkyl carbamates (subject to hydrolysis) is 1. The second-order valence-corrected chi connectivity index (χ2v) is 9.60. The lowest BCUT2D eigenvalue weighted by Crippen LogP contribution is -2.48. The first kappa shape index (κ1) is 26.2. The number of carbonyl (C=O) groups excluding carboxylic acids is 3. The standard InChI is InChI=1S/C25H37N3O5/c1-18(2)16-21(27-23(30)32-17-19-10-7-6-8-11-19)22(29)26-14-13-20-12-9-15-28(20)24(31)33-25(3,4)5/h6-12,18,20-21H,13-17H2,1-5H3,(H,26,29)(H,27,30)/t20-,21?/m0/s1. The number of nitrogens with one attached hydrogen (secondary N) is 2. The highest BCUT2D eigenvalue weighted by atomic mass is 16.6. The van der Waals surface area contributed by atoms with Gasteiger partial charge >= 0.3 is 12.2 Å². The topological polar surface area (TPSA) is 97.0 Å². The van der Waals surface area contributed by atoms with Crippen molar-refractivity contribution in [2.45, 2.75) is 71.8 Å². The molecule has 3 amide bonds. The van der Waals surface area contributed by atoms with Crippen molar-refractivity contribution in [3.05, 3.63) is 48.0 Å². The third-order valence-corrected chi connectivity index (χ3v) is 4.96. The molecule has 1 aromatic carbocycles. The maximum atomic E-state index is 12.8. The minimum absolute atomic E-state index is 0.136. The van der Waals surface area contributed by atoms with E-state index in [1.165, 1.54) is 0 Å². The Morgan fingerprint density at radius 3 is 2.48 bits per heavy atom. The zero-order chi connectivity index (χ0) is 24.4. The molecule has 0 saturated carbocycles. The van der Waals surface area contributed by atoms with E-state index in [-0.39, 0.29) is 30.6 Å². The molecule has 0 radical (unpaired) electrons. The fraction of sp³-hybridized carbons (Fsp3) is 0.560. The molecule has 2 atom stereocenters. The first-order valence-corrected chi connectivity index (χ1v) is 11.5. The van der Waals surface area contributed by atoms with Crippen LogP contribution in [0, 0.1) is 5.92 Å². The molecule has 0 aromatic heterocycles. The molecule has 2 rings (SSSR count). The van der Waals surface area contributed by atoms with E-state index >= 15 is 0 Å². The Morgan fingerprint density at radius 1 is 1.15 bits per heavy atom. The van der Waals surface area contributed by atoms with Crippen LogP contribution >= 0.6 is 0 Å². The van der Waals surface area contributed by atoms with Gasteiger partial charge in [0.2, 0.25) is 5.91 Å². The lowest BCUT2D eigenvalue weighted by Gasteiger charge is -2.28. The Morgan fingerprint density at radius 2 is 1.85 bits per heavy atom. The summed E-state index contributed by atoms with van der Waals surface area (Å²) in [6.07, 6.45) is 3.90. The fourth-order valence-electron chi connectivity index (χ4n) is 3.43. The summed E-state index contributed by atoms with van der Waals surface area (Å²) < 4.78 is 10.7. The van der Waals surface area contributed by atoms with Gasteiger partial charge < -0.3 is 20.1 Å².